The van der Waals surface area contributed by atoms with Gasteiger partial charge in [-0.05, 0) is 29.5 Å². The zero-order chi connectivity index (χ0) is 13.1. The van der Waals surface area contributed by atoms with Gasteiger partial charge in [0.25, 0.3) is 5.91 Å². The Bertz CT molecular complexity index is 405. The Kier molecular flexibility index (Phi) is 4.16. The van der Waals surface area contributed by atoms with Gasteiger partial charge in [-0.2, -0.15) is 0 Å². The second-order valence-corrected chi connectivity index (χ2v) is 5.17. The lowest BCUT2D eigenvalue weighted by Crippen LogP contribution is -2.17. The summed E-state index contributed by atoms with van der Waals surface area (Å²) in [6.07, 6.45) is 0.902. The molecule has 0 atom stereocenters. The van der Waals surface area contributed by atoms with Gasteiger partial charge in [0.05, 0.1) is 12.2 Å². The molecule has 1 rings (SSSR count). The largest absolute Gasteiger partial charge is 0.493 e. The topological polar surface area (TPSA) is 52.3 Å². The Morgan fingerprint density at radius 3 is 2.47 bits per heavy atom. The molecule has 0 heterocycles. The highest BCUT2D eigenvalue weighted by Gasteiger charge is 2.18. The lowest BCUT2D eigenvalue weighted by molar-refractivity contribution is 0.0996. The number of benzene rings is 1. The van der Waals surface area contributed by atoms with E-state index >= 15 is 0 Å². The molecule has 2 N–H and O–H groups in total. The molecule has 0 aliphatic heterocycles. The zero-order valence-electron chi connectivity index (χ0n) is 11.0. The molecule has 1 amide bonds. The normalized spacial score (nSPS) is 11.3. The third-order valence-corrected chi connectivity index (χ3v) is 2.57. The van der Waals surface area contributed by atoms with E-state index in [0.29, 0.717) is 17.9 Å². The van der Waals surface area contributed by atoms with Crippen molar-refractivity contribution in [3.63, 3.8) is 0 Å². The number of rotatable bonds is 4. The first-order valence-corrected chi connectivity index (χ1v) is 5.93. The zero-order valence-corrected chi connectivity index (χ0v) is 11.0. The molecular weight excluding hydrogens is 214 g/mol. The Hall–Kier alpha value is -1.51. The first-order valence-electron chi connectivity index (χ1n) is 5.93. The lowest BCUT2D eigenvalue weighted by Gasteiger charge is -2.20. The van der Waals surface area contributed by atoms with Gasteiger partial charge in [0.15, 0.2) is 0 Å². The maximum atomic E-state index is 11.4. The smallest absolute Gasteiger partial charge is 0.252 e. The molecule has 1 aromatic carbocycles. The van der Waals surface area contributed by atoms with Crippen LogP contribution in [0.2, 0.25) is 0 Å². The molecule has 0 bridgehead atoms. The van der Waals surface area contributed by atoms with E-state index in [1.54, 1.807) is 0 Å². The molecule has 0 radical (unpaired) electrons. The fourth-order valence-electron chi connectivity index (χ4n) is 1.53. The fourth-order valence-corrected chi connectivity index (χ4v) is 1.53. The first-order chi connectivity index (χ1) is 7.86. The molecule has 0 aliphatic rings. The van der Waals surface area contributed by atoms with Gasteiger partial charge in [0, 0.05) is 0 Å². The van der Waals surface area contributed by atoms with E-state index in [9.17, 15) is 4.79 Å². The van der Waals surface area contributed by atoms with Gasteiger partial charge in [0.1, 0.15) is 5.75 Å². The molecule has 0 aromatic heterocycles. The van der Waals surface area contributed by atoms with Crippen molar-refractivity contribution in [1.82, 2.24) is 0 Å². The average molecular weight is 235 g/mol. The summed E-state index contributed by atoms with van der Waals surface area (Å²) in [6, 6.07) is 5.64. The Balaban J connectivity index is 3.13. The SMILES string of the molecule is CCCOc1ccc(C(C)(C)C)cc1C(N)=O. The summed E-state index contributed by atoms with van der Waals surface area (Å²) in [6.45, 7) is 8.90. The van der Waals surface area contributed by atoms with Crippen LogP contribution in [0.15, 0.2) is 18.2 Å². The van der Waals surface area contributed by atoms with Crippen LogP contribution >= 0.6 is 0 Å². The van der Waals surface area contributed by atoms with Crippen molar-refractivity contribution in [3.05, 3.63) is 29.3 Å². The standard InChI is InChI=1S/C14H21NO2/c1-5-8-17-12-7-6-10(14(2,3)4)9-11(12)13(15)16/h6-7,9H,5,8H2,1-4H3,(H2,15,16). The number of amides is 1. The van der Waals surface area contributed by atoms with Crippen LogP contribution in [0.25, 0.3) is 0 Å². The highest BCUT2D eigenvalue weighted by molar-refractivity contribution is 5.95. The van der Waals surface area contributed by atoms with Gasteiger partial charge in [0.2, 0.25) is 0 Å². The number of hydrogen-bond donors (Lipinski definition) is 1. The van der Waals surface area contributed by atoms with Crippen LogP contribution in [0.5, 0.6) is 5.75 Å². The predicted molar refractivity (Wildman–Crippen MR) is 69.4 cm³/mol. The third kappa shape index (κ3) is 3.48. The second-order valence-electron chi connectivity index (χ2n) is 5.17. The van der Waals surface area contributed by atoms with Crippen molar-refractivity contribution in [1.29, 1.82) is 0 Å². The summed E-state index contributed by atoms with van der Waals surface area (Å²) in [5, 5.41) is 0. The molecule has 0 saturated heterocycles. The predicted octanol–water partition coefficient (Wildman–Crippen LogP) is 2.87. The lowest BCUT2D eigenvalue weighted by atomic mass is 9.86. The minimum Gasteiger partial charge on any atom is -0.493 e. The molecule has 0 fully saturated rings. The van der Waals surface area contributed by atoms with E-state index in [1.165, 1.54) is 0 Å². The first kappa shape index (κ1) is 13.6. The summed E-state index contributed by atoms with van der Waals surface area (Å²) >= 11 is 0. The van der Waals surface area contributed by atoms with Crippen LogP contribution in [-0.2, 0) is 5.41 Å². The summed E-state index contributed by atoms with van der Waals surface area (Å²) in [5.74, 6) is 0.134. The molecule has 0 unspecified atom stereocenters. The number of ether oxygens (including phenoxy) is 1. The maximum Gasteiger partial charge on any atom is 0.252 e. The fraction of sp³-hybridized carbons (Fsp3) is 0.500. The van der Waals surface area contributed by atoms with Gasteiger partial charge >= 0.3 is 0 Å². The van der Waals surface area contributed by atoms with E-state index in [2.05, 4.69) is 20.8 Å². The molecule has 1 aromatic rings. The van der Waals surface area contributed by atoms with Gasteiger partial charge in [-0.1, -0.05) is 33.8 Å². The van der Waals surface area contributed by atoms with Crippen LogP contribution in [0, 0.1) is 0 Å². The highest BCUT2D eigenvalue weighted by Crippen LogP contribution is 2.27. The molecule has 94 valence electrons. The number of hydrogen-bond acceptors (Lipinski definition) is 2. The molecule has 3 heteroatoms. The average Bonchev–Trinajstić information content (AvgIpc) is 2.24. The van der Waals surface area contributed by atoms with Gasteiger partial charge in [-0.15, -0.1) is 0 Å². The minimum absolute atomic E-state index is 0.00646. The molecule has 0 saturated carbocycles. The summed E-state index contributed by atoms with van der Waals surface area (Å²) in [5.41, 5.74) is 6.92. The van der Waals surface area contributed by atoms with Crippen molar-refractivity contribution in [2.45, 2.75) is 39.5 Å². The van der Waals surface area contributed by atoms with Gasteiger partial charge < -0.3 is 10.5 Å². The van der Waals surface area contributed by atoms with Crippen LogP contribution in [-0.4, -0.2) is 12.5 Å². The summed E-state index contributed by atoms with van der Waals surface area (Å²) in [7, 11) is 0. The van der Waals surface area contributed by atoms with E-state index in [-0.39, 0.29) is 5.41 Å². The molecule has 3 nitrogen and oxygen atoms in total. The Labute approximate surface area is 103 Å². The Morgan fingerprint density at radius 2 is 2.00 bits per heavy atom. The van der Waals surface area contributed by atoms with Crippen molar-refractivity contribution in [3.8, 4) is 5.75 Å². The summed E-state index contributed by atoms with van der Waals surface area (Å²) in [4.78, 5) is 11.4. The van der Waals surface area contributed by atoms with E-state index in [0.717, 1.165) is 12.0 Å². The van der Waals surface area contributed by atoms with E-state index in [1.807, 2.05) is 25.1 Å². The van der Waals surface area contributed by atoms with Gasteiger partial charge in [-0.3, -0.25) is 4.79 Å². The molecule has 17 heavy (non-hydrogen) atoms. The molecule has 0 aliphatic carbocycles. The van der Waals surface area contributed by atoms with Crippen molar-refractivity contribution in [2.24, 2.45) is 5.73 Å². The Morgan fingerprint density at radius 1 is 1.35 bits per heavy atom. The number of carbonyl (C=O) groups is 1. The molecule has 0 spiro atoms. The van der Waals surface area contributed by atoms with Crippen molar-refractivity contribution < 1.29 is 9.53 Å². The number of primary amides is 1. The van der Waals surface area contributed by atoms with Crippen molar-refractivity contribution in [2.75, 3.05) is 6.61 Å². The number of carbonyl (C=O) groups excluding carboxylic acids is 1. The van der Waals surface area contributed by atoms with E-state index < -0.39 is 5.91 Å². The molecular formula is C14H21NO2. The minimum atomic E-state index is -0.442. The van der Waals surface area contributed by atoms with E-state index in [4.69, 9.17) is 10.5 Å². The highest BCUT2D eigenvalue weighted by atomic mass is 16.5. The van der Waals surface area contributed by atoms with Gasteiger partial charge in [-0.25, -0.2) is 0 Å². The summed E-state index contributed by atoms with van der Waals surface area (Å²) < 4.78 is 5.51. The van der Waals surface area contributed by atoms with Crippen LogP contribution < -0.4 is 10.5 Å². The third-order valence-electron chi connectivity index (χ3n) is 2.57. The van der Waals surface area contributed by atoms with Crippen LogP contribution in [0.3, 0.4) is 0 Å². The van der Waals surface area contributed by atoms with Crippen molar-refractivity contribution >= 4 is 5.91 Å². The second kappa shape index (κ2) is 5.21. The maximum absolute atomic E-state index is 11.4. The van der Waals surface area contributed by atoms with Crippen LogP contribution in [0.4, 0.5) is 0 Å². The van der Waals surface area contributed by atoms with Crippen LogP contribution in [0.1, 0.15) is 50.0 Å². The monoisotopic (exact) mass is 235 g/mol. The quantitative estimate of drug-likeness (QED) is 0.872. The number of nitrogens with two attached hydrogens (primary N) is 1.